The van der Waals surface area contributed by atoms with Crippen molar-refractivity contribution in [2.45, 2.75) is 13.8 Å². The van der Waals surface area contributed by atoms with Crippen molar-refractivity contribution in [3.63, 3.8) is 0 Å². The fraction of sp³-hybridized carbons (Fsp3) is 0.143. The summed E-state index contributed by atoms with van der Waals surface area (Å²) in [5.74, 6) is 1.35. The van der Waals surface area contributed by atoms with Crippen molar-refractivity contribution in [1.29, 1.82) is 0 Å². The summed E-state index contributed by atoms with van der Waals surface area (Å²) in [5, 5.41) is 1.61. The van der Waals surface area contributed by atoms with Crippen molar-refractivity contribution >= 4 is 22.7 Å². The smallest absolute Gasteiger partial charge is 0.343 e. The Balaban J connectivity index is 1.44. The number of rotatable bonds is 8. The topological polar surface area (TPSA) is 71.1 Å². The SMILES string of the molecule is CCOc1ccc(OC(=O)c2ccc3cc(C(=O)Oc4ccc(OCC)cc4)ccc3c2)cc1. The number of hydrogen-bond donors (Lipinski definition) is 0. The second-order valence-corrected chi connectivity index (χ2v) is 7.36. The predicted octanol–water partition coefficient (Wildman–Crippen LogP) is 6.08. The number of carbonyl (C=O) groups is 2. The molecule has 0 saturated heterocycles. The molecule has 34 heavy (non-hydrogen) atoms. The molecular weight excluding hydrogens is 432 g/mol. The number of carbonyl (C=O) groups excluding carboxylic acids is 2. The van der Waals surface area contributed by atoms with Crippen LogP contribution in [0.2, 0.25) is 0 Å². The first kappa shape index (κ1) is 22.9. The monoisotopic (exact) mass is 456 g/mol. The summed E-state index contributed by atoms with van der Waals surface area (Å²) >= 11 is 0. The van der Waals surface area contributed by atoms with Crippen LogP contribution in [0.3, 0.4) is 0 Å². The van der Waals surface area contributed by atoms with Crippen molar-refractivity contribution in [2.24, 2.45) is 0 Å². The van der Waals surface area contributed by atoms with Gasteiger partial charge in [0.1, 0.15) is 23.0 Å². The van der Waals surface area contributed by atoms with Crippen LogP contribution in [0.15, 0.2) is 84.9 Å². The van der Waals surface area contributed by atoms with Gasteiger partial charge in [-0.1, -0.05) is 12.1 Å². The zero-order valence-electron chi connectivity index (χ0n) is 18.9. The fourth-order valence-corrected chi connectivity index (χ4v) is 3.37. The summed E-state index contributed by atoms with van der Waals surface area (Å²) in [7, 11) is 0. The molecule has 6 heteroatoms. The van der Waals surface area contributed by atoms with Gasteiger partial charge in [-0.2, -0.15) is 0 Å². The molecule has 0 atom stereocenters. The van der Waals surface area contributed by atoms with Crippen LogP contribution in [0.4, 0.5) is 0 Å². The van der Waals surface area contributed by atoms with Crippen LogP contribution in [-0.4, -0.2) is 25.2 Å². The lowest BCUT2D eigenvalue weighted by atomic mass is 10.0. The number of esters is 2. The minimum atomic E-state index is -0.468. The first-order valence-corrected chi connectivity index (χ1v) is 11.0. The van der Waals surface area contributed by atoms with Crippen molar-refractivity contribution in [3.05, 3.63) is 96.1 Å². The third kappa shape index (κ3) is 5.53. The summed E-state index contributed by atoms with van der Waals surface area (Å²) in [6, 6.07) is 24.1. The third-order valence-corrected chi connectivity index (χ3v) is 5.00. The van der Waals surface area contributed by atoms with E-state index in [0.29, 0.717) is 47.3 Å². The van der Waals surface area contributed by atoms with E-state index in [1.165, 1.54) is 0 Å². The van der Waals surface area contributed by atoms with E-state index < -0.39 is 11.9 Å². The van der Waals surface area contributed by atoms with E-state index in [1.807, 2.05) is 13.8 Å². The zero-order chi connectivity index (χ0) is 23.9. The Labute approximate surface area is 197 Å². The minimum Gasteiger partial charge on any atom is -0.494 e. The molecule has 0 N–H and O–H groups in total. The van der Waals surface area contributed by atoms with E-state index in [0.717, 1.165) is 10.8 Å². The van der Waals surface area contributed by atoms with E-state index in [1.54, 1.807) is 84.9 Å². The van der Waals surface area contributed by atoms with Crippen LogP contribution < -0.4 is 18.9 Å². The average molecular weight is 456 g/mol. The van der Waals surface area contributed by atoms with Crippen LogP contribution >= 0.6 is 0 Å². The average Bonchev–Trinajstić information content (AvgIpc) is 2.86. The third-order valence-electron chi connectivity index (χ3n) is 5.00. The Hall–Kier alpha value is -4.32. The highest BCUT2D eigenvalue weighted by Gasteiger charge is 2.13. The molecule has 0 fully saturated rings. The zero-order valence-corrected chi connectivity index (χ0v) is 18.9. The number of hydrogen-bond acceptors (Lipinski definition) is 6. The Kier molecular flexibility index (Phi) is 7.08. The van der Waals surface area contributed by atoms with E-state index in [4.69, 9.17) is 18.9 Å². The second-order valence-electron chi connectivity index (χ2n) is 7.36. The van der Waals surface area contributed by atoms with Gasteiger partial charge in [-0.15, -0.1) is 0 Å². The molecule has 0 amide bonds. The van der Waals surface area contributed by atoms with Gasteiger partial charge in [-0.3, -0.25) is 0 Å². The Morgan fingerprint density at radius 2 is 0.882 bits per heavy atom. The normalized spacial score (nSPS) is 10.5. The Bertz CT molecular complexity index is 1190. The van der Waals surface area contributed by atoms with E-state index in [9.17, 15) is 9.59 Å². The molecule has 4 aromatic carbocycles. The van der Waals surface area contributed by atoms with Crippen molar-refractivity contribution < 1.29 is 28.5 Å². The standard InChI is InChI=1S/C28H24O6/c1-3-31-23-9-13-25(14-10-23)33-27(29)21-7-5-20-18-22(8-6-19(20)17-21)28(30)34-26-15-11-24(12-16-26)32-4-2/h5-18H,3-4H2,1-2H3. The lowest BCUT2D eigenvalue weighted by Crippen LogP contribution is -2.09. The Morgan fingerprint density at radius 3 is 1.24 bits per heavy atom. The minimum absolute atomic E-state index is 0.408. The van der Waals surface area contributed by atoms with Crippen LogP contribution in [0.25, 0.3) is 10.8 Å². The molecule has 172 valence electrons. The van der Waals surface area contributed by atoms with Crippen LogP contribution in [-0.2, 0) is 0 Å². The first-order chi connectivity index (χ1) is 16.6. The maximum absolute atomic E-state index is 12.6. The van der Waals surface area contributed by atoms with E-state index in [2.05, 4.69) is 0 Å². The van der Waals surface area contributed by atoms with Gasteiger partial charge in [-0.05, 0) is 97.4 Å². The van der Waals surface area contributed by atoms with Gasteiger partial charge in [0.25, 0.3) is 0 Å². The van der Waals surface area contributed by atoms with Gasteiger partial charge in [-0.25, -0.2) is 9.59 Å². The molecule has 0 aliphatic heterocycles. The maximum atomic E-state index is 12.6. The van der Waals surface area contributed by atoms with E-state index in [-0.39, 0.29) is 0 Å². The molecule has 0 aromatic heterocycles. The lowest BCUT2D eigenvalue weighted by molar-refractivity contribution is 0.0725. The molecule has 0 spiro atoms. The largest absolute Gasteiger partial charge is 0.494 e. The summed E-state index contributed by atoms with van der Waals surface area (Å²) in [4.78, 5) is 25.2. The van der Waals surface area contributed by atoms with Crippen molar-refractivity contribution in [1.82, 2.24) is 0 Å². The van der Waals surface area contributed by atoms with Gasteiger partial charge in [0, 0.05) is 0 Å². The molecule has 4 aromatic rings. The van der Waals surface area contributed by atoms with Gasteiger partial charge < -0.3 is 18.9 Å². The molecule has 4 rings (SSSR count). The molecular formula is C28H24O6. The Morgan fingerprint density at radius 1 is 0.529 bits per heavy atom. The van der Waals surface area contributed by atoms with E-state index >= 15 is 0 Å². The number of ether oxygens (including phenoxy) is 4. The van der Waals surface area contributed by atoms with Gasteiger partial charge in [0.05, 0.1) is 24.3 Å². The maximum Gasteiger partial charge on any atom is 0.343 e. The highest BCUT2D eigenvalue weighted by atomic mass is 16.5. The molecule has 0 unspecified atom stereocenters. The molecule has 0 bridgehead atoms. The van der Waals surface area contributed by atoms with Gasteiger partial charge in [0.2, 0.25) is 0 Å². The predicted molar refractivity (Wildman–Crippen MR) is 129 cm³/mol. The van der Waals surface area contributed by atoms with Crippen LogP contribution in [0.5, 0.6) is 23.0 Å². The molecule has 0 saturated carbocycles. The molecule has 0 aliphatic carbocycles. The molecule has 0 aliphatic rings. The quantitative estimate of drug-likeness (QED) is 0.237. The van der Waals surface area contributed by atoms with Crippen molar-refractivity contribution in [2.75, 3.05) is 13.2 Å². The number of fused-ring (bicyclic) bond motifs is 1. The molecule has 0 heterocycles. The second kappa shape index (κ2) is 10.5. The highest BCUT2D eigenvalue weighted by molar-refractivity contribution is 5.99. The fourth-order valence-electron chi connectivity index (χ4n) is 3.37. The first-order valence-electron chi connectivity index (χ1n) is 11.0. The van der Waals surface area contributed by atoms with Gasteiger partial charge >= 0.3 is 11.9 Å². The highest BCUT2D eigenvalue weighted by Crippen LogP contribution is 2.23. The van der Waals surface area contributed by atoms with Crippen LogP contribution in [0.1, 0.15) is 34.6 Å². The summed E-state index contributed by atoms with van der Waals surface area (Å²) in [5.41, 5.74) is 0.817. The van der Waals surface area contributed by atoms with Crippen LogP contribution in [0, 0.1) is 0 Å². The molecule has 0 radical (unpaired) electrons. The van der Waals surface area contributed by atoms with Crippen molar-refractivity contribution in [3.8, 4) is 23.0 Å². The number of benzene rings is 4. The summed E-state index contributed by atoms with van der Waals surface area (Å²) in [6.45, 7) is 4.94. The summed E-state index contributed by atoms with van der Waals surface area (Å²) in [6.07, 6.45) is 0. The van der Waals surface area contributed by atoms with Gasteiger partial charge in [0.15, 0.2) is 0 Å². The lowest BCUT2D eigenvalue weighted by Gasteiger charge is -2.09. The molecule has 6 nitrogen and oxygen atoms in total. The summed E-state index contributed by atoms with van der Waals surface area (Å²) < 4.78 is 21.7.